The Hall–Kier alpha value is -1.00. The van der Waals surface area contributed by atoms with Crippen molar-refractivity contribution in [3.8, 4) is 0 Å². The van der Waals surface area contributed by atoms with Crippen molar-refractivity contribution in [2.75, 3.05) is 14.1 Å². The molecule has 1 amide bonds. The van der Waals surface area contributed by atoms with Gasteiger partial charge < -0.3 is 15.1 Å². The second kappa shape index (κ2) is 4.89. The number of nitrogens with zero attached hydrogens (tertiary/aromatic N) is 1. The highest BCUT2D eigenvalue weighted by atomic mass is 35.5. The molecule has 0 fully saturated rings. The van der Waals surface area contributed by atoms with Gasteiger partial charge in [-0.15, -0.1) is 12.4 Å². The Morgan fingerprint density at radius 2 is 2.15 bits per heavy atom. The number of hydrogen-bond donors (Lipinski definition) is 1. The lowest BCUT2D eigenvalue weighted by Crippen LogP contribution is -2.20. The SMILES string of the molecule is CN(C)C(=O)c1ccc(CN)o1.Cl. The molecular formula is C8H13ClN2O2. The van der Waals surface area contributed by atoms with Gasteiger partial charge in [0.15, 0.2) is 5.76 Å². The summed E-state index contributed by atoms with van der Waals surface area (Å²) in [6.07, 6.45) is 0. The van der Waals surface area contributed by atoms with E-state index in [1.54, 1.807) is 26.2 Å². The number of carbonyl (C=O) groups excluding carboxylic acids is 1. The van der Waals surface area contributed by atoms with Gasteiger partial charge in [-0.05, 0) is 12.1 Å². The zero-order valence-electron chi connectivity index (χ0n) is 7.61. The Kier molecular flexibility index (Phi) is 4.51. The highest BCUT2D eigenvalue weighted by Crippen LogP contribution is 2.08. The lowest BCUT2D eigenvalue weighted by Gasteiger charge is -2.06. The van der Waals surface area contributed by atoms with E-state index in [9.17, 15) is 4.79 Å². The Morgan fingerprint density at radius 1 is 1.54 bits per heavy atom. The van der Waals surface area contributed by atoms with Crippen LogP contribution in [0.15, 0.2) is 16.5 Å². The van der Waals surface area contributed by atoms with E-state index in [2.05, 4.69) is 0 Å². The summed E-state index contributed by atoms with van der Waals surface area (Å²) in [5, 5.41) is 0. The molecule has 0 atom stereocenters. The molecule has 0 unspecified atom stereocenters. The van der Waals surface area contributed by atoms with Crippen molar-refractivity contribution in [3.05, 3.63) is 23.7 Å². The standard InChI is InChI=1S/C8H12N2O2.ClH/c1-10(2)8(11)7-4-3-6(5-9)12-7;/h3-4H,5,9H2,1-2H3;1H. The third kappa shape index (κ3) is 2.75. The molecule has 0 radical (unpaired) electrons. The minimum Gasteiger partial charge on any atom is -0.455 e. The van der Waals surface area contributed by atoms with Gasteiger partial charge in [-0.3, -0.25) is 4.79 Å². The van der Waals surface area contributed by atoms with Crippen LogP contribution in [-0.4, -0.2) is 24.9 Å². The first-order valence-electron chi connectivity index (χ1n) is 3.65. The average Bonchev–Trinajstić information content (AvgIpc) is 2.50. The lowest BCUT2D eigenvalue weighted by atomic mass is 10.4. The second-order valence-corrected chi connectivity index (χ2v) is 2.67. The van der Waals surface area contributed by atoms with E-state index < -0.39 is 0 Å². The van der Waals surface area contributed by atoms with Crippen molar-refractivity contribution in [2.45, 2.75) is 6.54 Å². The number of hydrogen-bond acceptors (Lipinski definition) is 3. The molecule has 0 aliphatic carbocycles. The fourth-order valence-electron chi connectivity index (χ4n) is 0.823. The molecular weight excluding hydrogens is 192 g/mol. The number of rotatable bonds is 2. The quantitative estimate of drug-likeness (QED) is 0.778. The molecule has 2 N–H and O–H groups in total. The molecule has 0 saturated heterocycles. The summed E-state index contributed by atoms with van der Waals surface area (Å²) in [7, 11) is 3.35. The highest BCUT2D eigenvalue weighted by molar-refractivity contribution is 5.91. The molecule has 0 bridgehead atoms. The minimum absolute atomic E-state index is 0. The predicted octanol–water partition coefficient (Wildman–Crippen LogP) is 0.862. The fourth-order valence-corrected chi connectivity index (χ4v) is 0.823. The minimum atomic E-state index is -0.144. The van der Waals surface area contributed by atoms with Gasteiger partial charge in [0.25, 0.3) is 5.91 Å². The first-order valence-corrected chi connectivity index (χ1v) is 3.65. The smallest absolute Gasteiger partial charge is 0.289 e. The summed E-state index contributed by atoms with van der Waals surface area (Å²) >= 11 is 0. The van der Waals surface area contributed by atoms with Crippen molar-refractivity contribution >= 4 is 18.3 Å². The van der Waals surface area contributed by atoms with Crippen LogP contribution in [-0.2, 0) is 6.54 Å². The maximum absolute atomic E-state index is 11.3. The summed E-state index contributed by atoms with van der Waals surface area (Å²) in [6.45, 7) is 0.320. The Morgan fingerprint density at radius 3 is 2.54 bits per heavy atom. The normalized spacial score (nSPS) is 9.15. The Labute approximate surface area is 83.1 Å². The third-order valence-corrected chi connectivity index (χ3v) is 1.48. The molecule has 5 heteroatoms. The van der Waals surface area contributed by atoms with E-state index in [-0.39, 0.29) is 18.3 Å². The van der Waals surface area contributed by atoms with Gasteiger partial charge in [-0.2, -0.15) is 0 Å². The zero-order chi connectivity index (χ0) is 9.14. The van der Waals surface area contributed by atoms with Crippen LogP contribution < -0.4 is 5.73 Å². The molecule has 0 saturated carbocycles. The number of furan rings is 1. The van der Waals surface area contributed by atoms with Crippen molar-refractivity contribution in [3.63, 3.8) is 0 Å². The fraction of sp³-hybridized carbons (Fsp3) is 0.375. The maximum Gasteiger partial charge on any atom is 0.289 e. The predicted molar refractivity (Wildman–Crippen MR) is 51.9 cm³/mol. The van der Waals surface area contributed by atoms with Crippen LogP contribution in [0, 0.1) is 0 Å². The monoisotopic (exact) mass is 204 g/mol. The van der Waals surface area contributed by atoms with Crippen molar-refractivity contribution in [1.82, 2.24) is 4.90 Å². The van der Waals surface area contributed by atoms with Gasteiger partial charge in [0.05, 0.1) is 6.54 Å². The summed E-state index contributed by atoms with van der Waals surface area (Å²) in [5.41, 5.74) is 5.32. The highest BCUT2D eigenvalue weighted by Gasteiger charge is 2.11. The van der Waals surface area contributed by atoms with E-state index >= 15 is 0 Å². The van der Waals surface area contributed by atoms with Crippen molar-refractivity contribution in [2.24, 2.45) is 5.73 Å². The largest absolute Gasteiger partial charge is 0.455 e. The lowest BCUT2D eigenvalue weighted by molar-refractivity contribution is 0.0795. The summed E-state index contributed by atoms with van der Waals surface area (Å²) in [6, 6.07) is 3.33. The van der Waals surface area contributed by atoms with Gasteiger partial charge in [0, 0.05) is 14.1 Å². The zero-order valence-corrected chi connectivity index (χ0v) is 8.43. The van der Waals surface area contributed by atoms with Crippen LogP contribution in [0.1, 0.15) is 16.3 Å². The number of nitrogens with two attached hydrogens (primary N) is 1. The summed E-state index contributed by atoms with van der Waals surface area (Å²) in [4.78, 5) is 12.7. The number of halogens is 1. The average molecular weight is 205 g/mol. The molecule has 0 spiro atoms. The number of amides is 1. The summed E-state index contributed by atoms with van der Waals surface area (Å²) in [5.74, 6) is 0.815. The molecule has 1 rings (SSSR count). The van der Waals surface area contributed by atoms with Crippen LogP contribution in [0.2, 0.25) is 0 Å². The molecule has 74 valence electrons. The second-order valence-electron chi connectivity index (χ2n) is 2.67. The molecule has 0 aromatic carbocycles. The third-order valence-electron chi connectivity index (χ3n) is 1.48. The first-order chi connectivity index (χ1) is 5.65. The Bertz CT molecular complexity index is 283. The van der Waals surface area contributed by atoms with Crippen LogP contribution in [0.5, 0.6) is 0 Å². The van der Waals surface area contributed by atoms with Crippen LogP contribution in [0.4, 0.5) is 0 Å². The van der Waals surface area contributed by atoms with E-state index in [4.69, 9.17) is 10.2 Å². The van der Waals surface area contributed by atoms with Gasteiger partial charge in [0.1, 0.15) is 5.76 Å². The molecule has 4 nitrogen and oxygen atoms in total. The maximum atomic E-state index is 11.3. The van der Waals surface area contributed by atoms with E-state index in [1.165, 1.54) is 4.90 Å². The Balaban J connectivity index is 0.00000144. The van der Waals surface area contributed by atoms with Gasteiger partial charge in [0.2, 0.25) is 0 Å². The van der Waals surface area contributed by atoms with E-state index in [1.807, 2.05) is 0 Å². The van der Waals surface area contributed by atoms with Crippen molar-refractivity contribution in [1.29, 1.82) is 0 Å². The van der Waals surface area contributed by atoms with Crippen LogP contribution >= 0.6 is 12.4 Å². The van der Waals surface area contributed by atoms with Gasteiger partial charge in [-0.1, -0.05) is 0 Å². The molecule has 13 heavy (non-hydrogen) atoms. The van der Waals surface area contributed by atoms with Crippen molar-refractivity contribution < 1.29 is 9.21 Å². The summed E-state index contributed by atoms with van der Waals surface area (Å²) < 4.78 is 5.14. The first kappa shape index (κ1) is 12.0. The van der Waals surface area contributed by atoms with Crippen LogP contribution in [0.3, 0.4) is 0 Å². The molecule has 0 aliphatic rings. The molecule has 1 aromatic heterocycles. The van der Waals surface area contributed by atoms with E-state index in [0.717, 1.165) is 0 Å². The molecule has 0 aliphatic heterocycles. The van der Waals surface area contributed by atoms with Gasteiger partial charge >= 0.3 is 0 Å². The van der Waals surface area contributed by atoms with E-state index in [0.29, 0.717) is 18.1 Å². The molecule has 1 aromatic rings. The molecule has 1 heterocycles. The topological polar surface area (TPSA) is 59.5 Å². The van der Waals surface area contributed by atoms with Gasteiger partial charge in [-0.25, -0.2) is 0 Å². The van der Waals surface area contributed by atoms with Crippen LogP contribution in [0.25, 0.3) is 0 Å². The number of carbonyl (C=O) groups is 1.